The van der Waals surface area contributed by atoms with E-state index in [-0.39, 0.29) is 11.9 Å². The SMILES string of the molecule is CCCC1CCCN(C(=O)[C@@H](N)CC2CC2)CC1. The minimum atomic E-state index is -0.236. The summed E-state index contributed by atoms with van der Waals surface area (Å²) in [7, 11) is 0. The van der Waals surface area contributed by atoms with Crippen molar-refractivity contribution in [3.63, 3.8) is 0 Å². The van der Waals surface area contributed by atoms with Gasteiger partial charge in [0.2, 0.25) is 5.91 Å². The molecule has 1 aliphatic carbocycles. The van der Waals surface area contributed by atoms with Crippen molar-refractivity contribution in [2.75, 3.05) is 13.1 Å². The molecule has 2 atom stereocenters. The summed E-state index contributed by atoms with van der Waals surface area (Å²) in [6.07, 6.45) is 9.67. The van der Waals surface area contributed by atoms with E-state index in [0.29, 0.717) is 0 Å². The number of hydrogen-bond acceptors (Lipinski definition) is 2. The van der Waals surface area contributed by atoms with E-state index in [1.54, 1.807) is 0 Å². The monoisotopic (exact) mass is 252 g/mol. The van der Waals surface area contributed by atoms with Gasteiger partial charge >= 0.3 is 0 Å². The molecule has 2 aliphatic rings. The highest BCUT2D eigenvalue weighted by molar-refractivity contribution is 5.81. The van der Waals surface area contributed by atoms with E-state index >= 15 is 0 Å². The number of carbonyl (C=O) groups is 1. The third-order valence-electron chi connectivity index (χ3n) is 4.46. The molecule has 0 bridgehead atoms. The molecule has 2 fully saturated rings. The van der Waals surface area contributed by atoms with E-state index in [9.17, 15) is 4.79 Å². The van der Waals surface area contributed by atoms with Crippen molar-refractivity contribution < 1.29 is 4.79 Å². The zero-order chi connectivity index (χ0) is 13.0. The second-order valence-electron chi connectivity index (χ2n) is 6.20. The molecule has 1 heterocycles. The van der Waals surface area contributed by atoms with Crippen molar-refractivity contribution in [3.05, 3.63) is 0 Å². The molecule has 1 aliphatic heterocycles. The normalized spacial score (nSPS) is 26.8. The minimum Gasteiger partial charge on any atom is -0.341 e. The average molecular weight is 252 g/mol. The van der Waals surface area contributed by atoms with Crippen LogP contribution in [0.5, 0.6) is 0 Å². The van der Waals surface area contributed by atoms with Gasteiger partial charge in [-0.1, -0.05) is 32.6 Å². The van der Waals surface area contributed by atoms with Crippen LogP contribution in [0.4, 0.5) is 0 Å². The summed E-state index contributed by atoms with van der Waals surface area (Å²) < 4.78 is 0. The summed E-state index contributed by atoms with van der Waals surface area (Å²) >= 11 is 0. The molecule has 0 aromatic rings. The Labute approximate surface area is 111 Å². The van der Waals surface area contributed by atoms with Gasteiger partial charge in [0.1, 0.15) is 0 Å². The topological polar surface area (TPSA) is 46.3 Å². The average Bonchev–Trinajstić information content (AvgIpc) is 3.16. The van der Waals surface area contributed by atoms with Crippen molar-refractivity contribution in [2.45, 2.75) is 64.3 Å². The van der Waals surface area contributed by atoms with Crippen LogP contribution in [-0.2, 0) is 4.79 Å². The summed E-state index contributed by atoms with van der Waals surface area (Å²) in [5.41, 5.74) is 6.04. The highest BCUT2D eigenvalue weighted by atomic mass is 16.2. The Morgan fingerprint density at radius 1 is 1.22 bits per heavy atom. The van der Waals surface area contributed by atoms with Crippen LogP contribution in [0.3, 0.4) is 0 Å². The third kappa shape index (κ3) is 3.98. The molecule has 0 spiro atoms. The number of amides is 1. The fourth-order valence-corrected chi connectivity index (χ4v) is 3.13. The van der Waals surface area contributed by atoms with E-state index in [1.165, 1.54) is 38.5 Å². The van der Waals surface area contributed by atoms with E-state index < -0.39 is 0 Å². The largest absolute Gasteiger partial charge is 0.341 e. The first kappa shape index (κ1) is 13.9. The maximum absolute atomic E-state index is 12.3. The van der Waals surface area contributed by atoms with Gasteiger partial charge in [0.15, 0.2) is 0 Å². The fourth-order valence-electron chi connectivity index (χ4n) is 3.13. The van der Waals surface area contributed by atoms with Crippen LogP contribution in [0.25, 0.3) is 0 Å². The Morgan fingerprint density at radius 2 is 2.00 bits per heavy atom. The zero-order valence-electron chi connectivity index (χ0n) is 11.7. The van der Waals surface area contributed by atoms with Gasteiger partial charge in [0.05, 0.1) is 6.04 Å². The summed E-state index contributed by atoms with van der Waals surface area (Å²) in [6, 6.07) is -0.236. The van der Waals surface area contributed by atoms with E-state index in [0.717, 1.165) is 37.8 Å². The number of likely N-dealkylation sites (tertiary alicyclic amines) is 1. The van der Waals surface area contributed by atoms with Gasteiger partial charge < -0.3 is 10.6 Å². The molecule has 1 amide bonds. The molecule has 0 radical (unpaired) electrons. The lowest BCUT2D eigenvalue weighted by Gasteiger charge is -2.24. The molecule has 0 aromatic heterocycles. The predicted molar refractivity (Wildman–Crippen MR) is 74.1 cm³/mol. The Morgan fingerprint density at radius 3 is 2.67 bits per heavy atom. The quantitative estimate of drug-likeness (QED) is 0.817. The number of carbonyl (C=O) groups excluding carboxylic acids is 1. The standard InChI is InChI=1S/C15H28N2O/c1-2-4-12-5-3-9-17(10-8-12)15(18)14(16)11-13-6-7-13/h12-14H,2-11,16H2,1H3/t12?,14-/m0/s1. The van der Waals surface area contributed by atoms with Crippen LogP contribution in [0.1, 0.15) is 58.3 Å². The number of nitrogens with two attached hydrogens (primary N) is 1. The lowest BCUT2D eigenvalue weighted by molar-refractivity contribution is -0.132. The van der Waals surface area contributed by atoms with Crippen LogP contribution in [0.2, 0.25) is 0 Å². The molecule has 18 heavy (non-hydrogen) atoms. The van der Waals surface area contributed by atoms with Gasteiger partial charge in [-0.05, 0) is 37.5 Å². The molecule has 1 unspecified atom stereocenters. The second kappa shape index (κ2) is 6.55. The third-order valence-corrected chi connectivity index (χ3v) is 4.46. The van der Waals surface area contributed by atoms with Crippen LogP contribution < -0.4 is 5.73 Å². The van der Waals surface area contributed by atoms with Gasteiger partial charge in [-0.25, -0.2) is 0 Å². The Balaban J connectivity index is 1.78. The predicted octanol–water partition coefficient (Wildman–Crippen LogP) is 2.54. The maximum Gasteiger partial charge on any atom is 0.239 e. The Kier molecular flexibility index (Phi) is 5.04. The van der Waals surface area contributed by atoms with E-state index in [4.69, 9.17) is 5.73 Å². The summed E-state index contributed by atoms with van der Waals surface area (Å²) in [5.74, 6) is 1.77. The second-order valence-corrected chi connectivity index (χ2v) is 6.20. The zero-order valence-corrected chi connectivity index (χ0v) is 11.7. The van der Waals surface area contributed by atoms with Crippen molar-refractivity contribution in [1.29, 1.82) is 0 Å². The molecule has 3 heteroatoms. The molecule has 1 saturated heterocycles. The van der Waals surface area contributed by atoms with Gasteiger partial charge in [0, 0.05) is 13.1 Å². The molecule has 0 aromatic carbocycles. The lowest BCUT2D eigenvalue weighted by Crippen LogP contribution is -2.44. The molecule has 104 valence electrons. The van der Waals surface area contributed by atoms with Gasteiger partial charge in [0.25, 0.3) is 0 Å². The Bertz CT molecular complexity index is 276. The number of hydrogen-bond donors (Lipinski definition) is 1. The maximum atomic E-state index is 12.3. The number of nitrogens with zero attached hydrogens (tertiary/aromatic N) is 1. The van der Waals surface area contributed by atoms with Crippen LogP contribution in [-0.4, -0.2) is 29.9 Å². The summed E-state index contributed by atoms with van der Waals surface area (Å²) in [6.45, 7) is 4.11. The van der Waals surface area contributed by atoms with Crippen molar-refractivity contribution in [2.24, 2.45) is 17.6 Å². The molecule has 1 saturated carbocycles. The minimum absolute atomic E-state index is 0.207. The molecular weight excluding hydrogens is 224 g/mol. The summed E-state index contributed by atoms with van der Waals surface area (Å²) in [5, 5.41) is 0. The first-order valence-electron chi connectivity index (χ1n) is 7.75. The van der Waals surface area contributed by atoms with Crippen molar-refractivity contribution >= 4 is 5.91 Å². The first-order valence-corrected chi connectivity index (χ1v) is 7.75. The highest BCUT2D eigenvalue weighted by Crippen LogP contribution is 2.33. The van der Waals surface area contributed by atoms with Crippen molar-refractivity contribution in [1.82, 2.24) is 4.90 Å². The lowest BCUT2D eigenvalue weighted by atomic mass is 9.96. The van der Waals surface area contributed by atoms with Gasteiger partial charge in [-0.2, -0.15) is 0 Å². The Hall–Kier alpha value is -0.570. The summed E-state index contributed by atoms with van der Waals surface area (Å²) in [4.78, 5) is 14.3. The molecule has 2 N–H and O–H groups in total. The molecule has 2 rings (SSSR count). The van der Waals surface area contributed by atoms with Crippen LogP contribution in [0, 0.1) is 11.8 Å². The number of rotatable bonds is 5. The van der Waals surface area contributed by atoms with E-state index in [2.05, 4.69) is 6.92 Å². The van der Waals surface area contributed by atoms with Crippen LogP contribution in [0.15, 0.2) is 0 Å². The first-order chi connectivity index (χ1) is 8.70. The van der Waals surface area contributed by atoms with Gasteiger partial charge in [-0.15, -0.1) is 0 Å². The molecular formula is C15H28N2O. The van der Waals surface area contributed by atoms with Crippen molar-refractivity contribution in [3.8, 4) is 0 Å². The van der Waals surface area contributed by atoms with E-state index in [1.807, 2.05) is 4.90 Å². The highest BCUT2D eigenvalue weighted by Gasteiger charge is 2.30. The van der Waals surface area contributed by atoms with Gasteiger partial charge in [-0.3, -0.25) is 4.79 Å². The smallest absolute Gasteiger partial charge is 0.239 e. The fraction of sp³-hybridized carbons (Fsp3) is 0.933. The molecule has 3 nitrogen and oxygen atoms in total. The van der Waals surface area contributed by atoms with Crippen LogP contribution >= 0.6 is 0 Å².